The van der Waals surface area contributed by atoms with Crippen molar-refractivity contribution in [3.05, 3.63) is 90.0 Å². The molecule has 0 atom stereocenters. The summed E-state index contributed by atoms with van der Waals surface area (Å²) in [5, 5.41) is 2.90. The molecule has 0 saturated carbocycles. The first kappa shape index (κ1) is 22.2. The number of fused-ring (bicyclic) bond motifs is 1. The maximum absolute atomic E-state index is 13.2. The van der Waals surface area contributed by atoms with Crippen LogP contribution in [0.1, 0.15) is 28.8 Å². The molecular weight excluding hydrogens is 410 g/mol. The summed E-state index contributed by atoms with van der Waals surface area (Å²) in [4.78, 5) is 29.6. The minimum absolute atomic E-state index is 0.0218. The van der Waals surface area contributed by atoms with Crippen molar-refractivity contribution in [2.75, 3.05) is 34.8 Å². The number of anilines is 3. The summed E-state index contributed by atoms with van der Waals surface area (Å²) in [5.74, 6) is 2.41. The van der Waals surface area contributed by atoms with Crippen molar-refractivity contribution in [1.29, 1.82) is 0 Å². The molecule has 0 saturated heterocycles. The number of nitrogens with one attached hydrogen (secondary N) is 1. The largest absolute Gasteiger partial charge is 0.351 e. The second-order valence-electron chi connectivity index (χ2n) is 8.06. The smallest absolute Gasteiger partial charge is 0.258 e. The van der Waals surface area contributed by atoms with Gasteiger partial charge >= 0.3 is 0 Å². The van der Waals surface area contributed by atoms with E-state index in [1.165, 1.54) is 5.56 Å². The zero-order chi connectivity index (χ0) is 23.0. The van der Waals surface area contributed by atoms with E-state index in [-0.39, 0.29) is 18.4 Å². The lowest BCUT2D eigenvalue weighted by atomic mass is 10.1. The second-order valence-corrected chi connectivity index (χ2v) is 8.06. The van der Waals surface area contributed by atoms with Crippen molar-refractivity contribution in [3.8, 4) is 12.3 Å². The van der Waals surface area contributed by atoms with Gasteiger partial charge in [-0.15, -0.1) is 6.42 Å². The van der Waals surface area contributed by atoms with E-state index in [1.807, 2.05) is 58.3 Å². The lowest BCUT2D eigenvalue weighted by Crippen LogP contribution is -2.33. The number of terminal acetylenes is 1. The molecule has 3 aromatic rings. The topological polar surface area (TPSA) is 52.7 Å². The number of hydrogen-bond acceptors (Lipinski definition) is 3. The van der Waals surface area contributed by atoms with Crippen LogP contribution in [0.25, 0.3) is 0 Å². The highest BCUT2D eigenvalue weighted by Crippen LogP contribution is 2.27. The molecular formula is C28H27N3O2. The van der Waals surface area contributed by atoms with Gasteiger partial charge in [-0.3, -0.25) is 9.59 Å². The fourth-order valence-electron chi connectivity index (χ4n) is 4.12. The number of aryl methyl sites for hydroxylation is 1. The first-order chi connectivity index (χ1) is 16.2. The predicted molar refractivity (Wildman–Crippen MR) is 134 cm³/mol. The van der Waals surface area contributed by atoms with Crippen LogP contribution in [0, 0.1) is 12.3 Å². The Morgan fingerprint density at radius 1 is 0.939 bits per heavy atom. The zero-order valence-electron chi connectivity index (χ0n) is 18.5. The van der Waals surface area contributed by atoms with E-state index >= 15 is 0 Å². The molecule has 5 nitrogen and oxygen atoms in total. The Kier molecular flexibility index (Phi) is 7.06. The summed E-state index contributed by atoms with van der Waals surface area (Å²) in [6, 6.07) is 24.8. The molecule has 166 valence electrons. The number of carbonyl (C=O) groups is 2. The number of benzene rings is 3. The summed E-state index contributed by atoms with van der Waals surface area (Å²) >= 11 is 0. The monoisotopic (exact) mass is 437 g/mol. The van der Waals surface area contributed by atoms with Gasteiger partial charge in [0.05, 0.1) is 13.1 Å². The van der Waals surface area contributed by atoms with E-state index in [0.717, 1.165) is 30.6 Å². The standard InChI is InChI=1S/C28H27N3O2/c1-2-19-30(25-12-4-3-5-13-25)21-27(32)29-24-17-15-23(16-18-24)28(33)31-20-9-8-11-22-10-6-7-14-26(22)31/h1,3-7,10,12-18H,8-9,11,19-21H2,(H,29,32). The molecule has 1 aliphatic rings. The van der Waals surface area contributed by atoms with Crippen molar-refractivity contribution in [2.24, 2.45) is 0 Å². The van der Waals surface area contributed by atoms with Crippen LogP contribution in [-0.2, 0) is 11.2 Å². The molecule has 0 aromatic heterocycles. The Labute approximate surface area is 195 Å². The van der Waals surface area contributed by atoms with Crippen molar-refractivity contribution >= 4 is 28.9 Å². The van der Waals surface area contributed by atoms with Crippen LogP contribution in [0.3, 0.4) is 0 Å². The third-order valence-electron chi connectivity index (χ3n) is 5.76. The third kappa shape index (κ3) is 5.42. The van der Waals surface area contributed by atoms with Gasteiger partial charge in [-0.2, -0.15) is 0 Å². The molecule has 2 amide bonds. The summed E-state index contributed by atoms with van der Waals surface area (Å²) in [7, 11) is 0. The van der Waals surface area contributed by atoms with E-state index in [0.29, 0.717) is 24.3 Å². The van der Waals surface area contributed by atoms with Gasteiger partial charge < -0.3 is 15.1 Å². The molecule has 0 radical (unpaired) electrons. The van der Waals surface area contributed by atoms with Crippen molar-refractivity contribution in [1.82, 2.24) is 0 Å². The van der Waals surface area contributed by atoms with Gasteiger partial charge in [0.15, 0.2) is 0 Å². The van der Waals surface area contributed by atoms with E-state index < -0.39 is 0 Å². The maximum atomic E-state index is 13.2. The van der Waals surface area contributed by atoms with Gasteiger partial charge in [-0.25, -0.2) is 0 Å². The van der Waals surface area contributed by atoms with E-state index in [2.05, 4.69) is 17.3 Å². The molecule has 3 aromatic carbocycles. The normalized spacial score (nSPS) is 12.8. The van der Waals surface area contributed by atoms with Crippen LogP contribution in [0.5, 0.6) is 0 Å². The van der Waals surface area contributed by atoms with Crippen LogP contribution >= 0.6 is 0 Å². The van der Waals surface area contributed by atoms with Gasteiger partial charge in [0.2, 0.25) is 5.91 Å². The zero-order valence-corrected chi connectivity index (χ0v) is 18.5. The molecule has 33 heavy (non-hydrogen) atoms. The Hall–Kier alpha value is -4.04. The van der Waals surface area contributed by atoms with Crippen molar-refractivity contribution in [2.45, 2.75) is 19.3 Å². The highest BCUT2D eigenvalue weighted by Gasteiger charge is 2.22. The van der Waals surface area contributed by atoms with Crippen LogP contribution in [0.4, 0.5) is 17.1 Å². The molecule has 0 aliphatic carbocycles. The highest BCUT2D eigenvalue weighted by atomic mass is 16.2. The number of para-hydroxylation sites is 2. The van der Waals surface area contributed by atoms with Crippen LogP contribution < -0.4 is 15.1 Å². The van der Waals surface area contributed by atoms with Crippen LogP contribution in [0.15, 0.2) is 78.9 Å². The SMILES string of the molecule is C#CCN(CC(=O)Nc1ccc(C(=O)N2CCCCc3ccccc32)cc1)c1ccccc1. The van der Waals surface area contributed by atoms with Crippen LogP contribution in [-0.4, -0.2) is 31.4 Å². The molecule has 1 aliphatic heterocycles. The first-order valence-corrected chi connectivity index (χ1v) is 11.2. The Morgan fingerprint density at radius 3 is 2.42 bits per heavy atom. The summed E-state index contributed by atoms with van der Waals surface area (Å²) in [6.45, 7) is 1.18. The number of amides is 2. The van der Waals surface area contributed by atoms with E-state index in [9.17, 15) is 9.59 Å². The minimum Gasteiger partial charge on any atom is -0.351 e. The molecule has 0 spiro atoms. The fraction of sp³-hybridized carbons (Fsp3) is 0.214. The van der Waals surface area contributed by atoms with E-state index in [4.69, 9.17) is 6.42 Å². The summed E-state index contributed by atoms with van der Waals surface area (Å²) in [5.41, 5.74) is 4.34. The molecule has 0 fully saturated rings. The highest BCUT2D eigenvalue weighted by molar-refractivity contribution is 6.07. The lowest BCUT2D eigenvalue weighted by Gasteiger charge is -2.23. The molecule has 5 heteroatoms. The van der Waals surface area contributed by atoms with Gasteiger partial charge in [0.25, 0.3) is 5.91 Å². The number of rotatable bonds is 6. The molecule has 1 N–H and O–H groups in total. The molecule has 4 rings (SSSR count). The number of hydrogen-bond donors (Lipinski definition) is 1. The molecule has 0 unspecified atom stereocenters. The Balaban J connectivity index is 1.42. The predicted octanol–water partition coefficient (Wildman–Crippen LogP) is 4.75. The van der Waals surface area contributed by atoms with Gasteiger partial charge in [-0.05, 0) is 67.3 Å². The summed E-state index contributed by atoms with van der Waals surface area (Å²) < 4.78 is 0. The second kappa shape index (κ2) is 10.5. The fourth-order valence-corrected chi connectivity index (χ4v) is 4.12. The third-order valence-corrected chi connectivity index (χ3v) is 5.76. The minimum atomic E-state index is -0.172. The molecule has 0 bridgehead atoms. The summed E-state index contributed by atoms with van der Waals surface area (Å²) in [6.07, 6.45) is 8.52. The van der Waals surface area contributed by atoms with Crippen molar-refractivity contribution in [3.63, 3.8) is 0 Å². The Bertz CT molecular complexity index is 1150. The Morgan fingerprint density at radius 2 is 1.67 bits per heavy atom. The van der Waals surface area contributed by atoms with Gasteiger partial charge in [-0.1, -0.05) is 42.3 Å². The maximum Gasteiger partial charge on any atom is 0.258 e. The number of carbonyl (C=O) groups excluding carboxylic acids is 2. The van der Waals surface area contributed by atoms with Crippen molar-refractivity contribution < 1.29 is 9.59 Å². The first-order valence-electron chi connectivity index (χ1n) is 11.2. The van der Waals surface area contributed by atoms with Crippen LogP contribution in [0.2, 0.25) is 0 Å². The average molecular weight is 438 g/mol. The van der Waals surface area contributed by atoms with E-state index in [1.54, 1.807) is 24.3 Å². The average Bonchev–Trinajstić information content (AvgIpc) is 3.07. The lowest BCUT2D eigenvalue weighted by molar-refractivity contribution is -0.114. The van der Waals surface area contributed by atoms with Gasteiger partial charge in [0.1, 0.15) is 0 Å². The number of nitrogens with zero attached hydrogens (tertiary/aromatic N) is 2. The molecule has 1 heterocycles. The quantitative estimate of drug-likeness (QED) is 0.567. The van der Waals surface area contributed by atoms with Gasteiger partial charge in [0, 0.05) is 29.2 Å².